The highest BCUT2D eigenvalue weighted by molar-refractivity contribution is 5.81. The molecule has 0 aromatic rings. The van der Waals surface area contributed by atoms with Crippen molar-refractivity contribution in [3.63, 3.8) is 0 Å². The molecule has 0 bridgehead atoms. The van der Waals surface area contributed by atoms with Gasteiger partial charge in [-0.25, -0.2) is 0 Å². The van der Waals surface area contributed by atoms with E-state index >= 15 is 0 Å². The zero-order chi connectivity index (χ0) is 13.5. The van der Waals surface area contributed by atoms with Gasteiger partial charge in [0.05, 0.1) is 6.04 Å². The van der Waals surface area contributed by atoms with Crippen molar-refractivity contribution in [3.05, 3.63) is 0 Å². The van der Waals surface area contributed by atoms with Crippen molar-refractivity contribution >= 4 is 5.91 Å². The highest BCUT2D eigenvalue weighted by atomic mass is 16.2. The summed E-state index contributed by atoms with van der Waals surface area (Å²) in [6, 6.07) is 0.451. The second kappa shape index (κ2) is 7.78. The van der Waals surface area contributed by atoms with Crippen LogP contribution in [-0.4, -0.2) is 24.5 Å². The molecule has 3 nitrogen and oxygen atoms in total. The van der Waals surface area contributed by atoms with Crippen molar-refractivity contribution in [1.82, 2.24) is 10.6 Å². The molecule has 106 valence electrons. The molecule has 4 atom stereocenters. The van der Waals surface area contributed by atoms with Gasteiger partial charge in [-0.1, -0.05) is 33.6 Å². The summed E-state index contributed by atoms with van der Waals surface area (Å²) in [4.78, 5) is 11.9. The second-order valence-electron chi connectivity index (χ2n) is 5.74. The Morgan fingerprint density at radius 1 is 1.33 bits per heavy atom. The van der Waals surface area contributed by atoms with Crippen LogP contribution in [0, 0.1) is 11.8 Å². The van der Waals surface area contributed by atoms with E-state index in [0.717, 1.165) is 25.3 Å². The number of carbonyl (C=O) groups is 1. The van der Waals surface area contributed by atoms with E-state index < -0.39 is 0 Å². The molecule has 0 spiro atoms. The highest BCUT2D eigenvalue weighted by Gasteiger charge is 2.32. The van der Waals surface area contributed by atoms with E-state index in [1.54, 1.807) is 0 Å². The van der Waals surface area contributed by atoms with E-state index in [-0.39, 0.29) is 11.9 Å². The predicted octanol–water partition coefficient (Wildman–Crippen LogP) is 2.71. The monoisotopic (exact) mass is 254 g/mol. The minimum Gasteiger partial charge on any atom is -0.355 e. The first kappa shape index (κ1) is 15.5. The molecule has 0 aromatic heterocycles. The van der Waals surface area contributed by atoms with Crippen LogP contribution in [-0.2, 0) is 4.79 Å². The van der Waals surface area contributed by atoms with E-state index in [4.69, 9.17) is 0 Å². The third-order valence-corrected chi connectivity index (χ3v) is 4.44. The third-order valence-electron chi connectivity index (χ3n) is 4.44. The van der Waals surface area contributed by atoms with E-state index in [1.165, 1.54) is 19.3 Å². The number of nitrogens with one attached hydrogen (secondary N) is 2. The van der Waals surface area contributed by atoms with Crippen LogP contribution in [0.25, 0.3) is 0 Å². The largest absolute Gasteiger partial charge is 0.355 e. The number of rotatable bonds is 7. The minimum atomic E-state index is -0.0649. The number of hydrogen-bond acceptors (Lipinski definition) is 2. The van der Waals surface area contributed by atoms with Gasteiger partial charge in [0, 0.05) is 12.6 Å². The lowest BCUT2D eigenvalue weighted by atomic mass is 9.93. The van der Waals surface area contributed by atoms with Crippen LogP contribution >= 0.6 is 0 Å². The summed E-state index contributed by atoms with van der Waals surface area (Å²) in [5, 5.41) is 6.50. The van der Waals surface area contributed by atoms with Crippen LogP contribution < -0.4 is 10.6 Å². The lowest BCUT2D eigenvalue weighted by molar-refractivity contribution is -0.123. The molecule has 1 fully saturated rings. The van der Waals surface area contributed by atoms with Gasteiger partial charge in [-0.2, -0.15) is 0 Å². The number of unbranched alkanes of at least 4 members (excludes halogenated alkanes) is 1. The SMILES string of the molecule is CCCCNC(=O)C(C)NC1CCC(CC)C1C. The van der Waals surface area contributed by atoms with Gasteiger partial charge in [-0.15, -0.1) is 0 Å². The van der Waals surface area contributed by atoms with Gasteiger partial charge in [0.15, 0.2) is 0 Å². The maximum atomic E-state index is 11.9. The maximum absolute atomic E-state index is 11.9. The summed E-state index contributed by atoms with van der Waals surface area (Å²) in [7, 11) is 0. The van der Waals surface area contributed by atoms with Crippen molar-refractivity contribution in [3.8, 4) is 0 Å². The Balaban J connectivity index is 2.31. The third kappa shape index (κ3) is 4.27. The molecule has 1 aliphatic carbocycles. The number of hydrogen-bond donors (Lipinski definition) is 2. The molecule has 0 heterocycles. The Morgan fingerprint density at radius 2 is 2.06 bits per heavy atom. The lowest BCUT2D eigenvalue weighted by Gasteiger charge is -2.24. The Bertz CT molecular complexity index is 255. The minimum absolute atomic E-state index is 0.0649. The molecule has 0 aliphatic heterocycles. The molecule has 1 saturated carbocycles. The van der Waals surface area contributed by atoms with Crippen LogP contribution in [0.2, 0.25) is 0 Å². The zero-order valence-corrected chi connectivity index (χ0v) is 12.5. The van der Waals surface area contributed by atoms with Gasteiger partial charge in [-0.3, -0.25) is 4.79 Å². The zero-order valence-electron chi connectivity index (χ0n) is 12.5. The molecule has 1 rings (SSSR count). The summed E-state index contributed by atoms with van der Waals surface area (Å²) < 4.78 is 0. The quantitative estimate of drug-likeness (QED) is 0.686. The normalized spacial score (nSPS) is 29.2. The standard InChI is InChI=1S/C15H30N2O/c1-5-7-10-16-15(18)12(4)17-14-9-8-13(6-2)11(14)3/h11-14,17H,5-10H2,1-4H3,(H,16,18). The predicted molar refractivity (Wildman–Crippen MR) is 76.5 cm³/mol. The molecule has 1 aliphatic rings. The molecule has 1 amide bonds. The first-order valence-electron chi connectivity index (χ1n) is 7.63. The Labute approximate surface area is 112 Å². The summed E-state index contributed by atoms with van der Waals surface area (Å²) in [5.74, 6) is 1.68. The van der Waals surface area contributed by atoms with Crippen LogP contribution in [0.1, 0.15) is 59.8 Å². The molecular weight excluding hydrogens is 224 g/mol. The van der Waals surface area contributed by atoms with Gasteiger partial charge in [0.1, 0.15) is 0 Å². The Hall–Kier alpha value is -0.570. The lowest BCUT2D eigenvalue weighted by Crippen LogP contribution is -2.47. The first-order chi connectivity index (χ1) is 8.60. The first-order valence-corrected chi connectivity index (χ1v) is 7.63. The van der Waals surface area contributed by atoms with E-state index in [0.29, 0.717) is 12.0 Å². The van der Waals surface area contributed by atoms with Crippen LogP contribution in [0.5, 0.6) is 0 Å². The van der Waals surface area contributed by atoms with Crippen LogP contribution in [0.15, 0.2) is 0 Å². The van der Waals surface area contributed by atoms with E-state index in [1.807, 2.05) is 6.92 Å². The fourth-order valence-electron chi connectivity index (χ4n) is 3.00. The van der Waals surface area contributed by atoms with E-state index in [2.05, 4.69) is 31.4 Å². The topological polar surface area (TPSA) is 41.1 Å². The fraction of sp³-hybridized carbons (Fsp3) is 0.933. The molecule has 4 unspecified atom stereocenters. The number of carbonyl (C=O) groups excluding carboxylic acids is 1. The van der Waals surface area contributed by atoms with Crippen LogP contribution in [0.3, 0.4) is 0 Å². The second-order valence-corrected chi connectivity index (χ2v) is 5.74. The molecule has 0 radical (unpaired) electrons. The van der Waals surface area contributed by atoms with Crippen molar-refractivity contribution in [2.75, 3.05) is 6.54 Å². The highest BCUT2D eigenvalue weighted by Crippen LogP contribution is 2.33. The molecular formula is C15H30N2O. The summed E-state index contributed by atoms with van der Waals surface area (Å²) in [6.07, 6.45) is 5.97. The van der Waals surface area contributed by atoms with Gasteiger partial charge >= 0.3 is 0 Å². The molecule has 18 heavy (non-hydrogen) atoms. The van der Waals surface area contributed by atoms with Gasteiger partial charge in [-0.05, 0) is 38.0 Å². The molecule has 0 saturated heterocycles. The summed E-state index contributed by atoms with van der Waals surface area (Å²) in [5.41, 5.74) is 0. The van der Waals surface area contributed by atoms with Crippen molar-refractivity contribution < 1.29 is 4.79 Å². The maximum Gasteiger partial charge on any atom is 0.236 e. The molecule has 3 heteroatoms. The van der Waals surface area contributed by atoms with Crippen molar-refractivity contribution in [1.29, 1.82) is 0 Å². The summed E-state index contributed by atoms with van der Waals surface area (Å²) in [6.45, 7) is 9.51. The van der Waals surface area contributed by atoms with Gasteiger partial charge in [0.25, 0.3) is 0 Å². The van der Waals surface area contributed by atoms with Gasteiger partial charge < -0.3 is 10.6 Å². The smallest absolute Gasteiger partial charge is 0.236 e. The molecule has 2 N–H and O–H groups in total. The average molecular weight is 254 g/mol. The van der Waals surface area contributed by atoms with E-state index in [9.17, 15) is 4.79 Å². The number of amides is 1. The Morgan fingerprint density at radius 3 is 2.61 bits per heavy atom. The van der Waals surface area contributed by atoms with Crippen molar-refractivity contribution in [2.45, 2.75) is 71.9 Å². The molecule has 0 aromatic carbocycles. The van der Waals surface area contributed by atoms with Gasteiger partial charge in [0.2, 0.25) is 5.91 Å². The average Bonchev–Trinajstić information content (AvgIpc) is 2.70. The van der Waals surface area contributed by atoms with Crippen LogP contribution in [0.4, 0.5) is 0 Å². The Kier molecular flexibility index (Phi) is 6.69. The van der Waals surface area contributed by atoms with Crippen molar-refractivity contribution in [2.24, 2.45) is 11.8 Å². The summed E-state index contributed by atoms with van der Waals surface area (Å²) >= 11 is 0. The fourth-order valence-corrected chi connectivity index (χ4v) is 3.00.